The first-order chi connectivity index (χ1) is 11.9. The minimum atomic E-state index is -4.91. The number of nitrogens with two attached hydrogens (primary N) is 1. The molecule has 2 atom stereocenters. The Morgan fingerprint density at radius 3 is 2.27 bits per heavy atom. The summed E-state index contributed by atoms with van der Waals surface area (Å²) in [6, 6.07) is 2.89. The Morgan fingerprint density at radius 1 is 1.15 bits per heavy atom. The lowest BCUT2D eigenvalue weighted by molar-refractivity contribution is -0.211. The Balaban J connectivity index is 2.66. The minimum Gasteiger partial charge on any atom is -0.382 e. The number of hydrogen-bond acceptors (Lipinski definition) is 5. The molecule has 5 nitrogen and oxygen atoms in total. The lowest BCUT2D eigenvalue weighted by atomic mass is 9.90. The third-order valence-corrected chi connectivity index (χ3v) is 3.74. The maximum absolute atomic E-state index is 13.2. The number of anilines is 1. The average molecular weight is 381 g/mol. The van der Waals surface area contributed by atoms with Gasteiger partial charge in [-0.2, -0.15) is 13.2 Å². The first-order valence-corrected chi connectivity index (χ1v) is 7.03. The van der Waals surface area contributed by atoms with Crippen LogP contribution in [0.2, 0.25) is 0 Å². The molecule has 2 rings (SSSR count). The van der Waals surface area contributed by atoms with E-state index in [0.717, 1.165) is 24.4 Å². The predicted octanol–water partition coefficient (Wildman–Crippen LogP) is 2.79. The van der Waals surface area contributed by atoms with E-state index in [9.17, 15) is 31.4 Å². The summed E-state index contributed by atoms with van der Waals surface area (Å²) in [7, 11) is 0. The zero-order chi connectivity index (χ0) is 19.9. The van der Waals surface area contributed by atoms with Crippen molar-refractivity contribution in [3.8, 4) is 11.3 Å². The van der Waals surface area contributed by atoms with Gasteiger partial charge in [-0.05, 0) is 24.1 Å². The van der Waals surface area contributed by atoms with Crippen LogP contribution >= 0.6 is 0 Å². The molecule has 1 aromatic heterocycles. The lowest BCUT2D eigenvalue weighted by Crippen LogP contribution is -2.43. The maximum atomic E-state index is 13.2. The van der Waals surface area contributed by atoms with Crippen molar-refractivity contribution in [1.29, 1.82) is 0 Å². The lowest BCUT2D eigenvalue weighted by Gasteiger charge is -2.28. The van der Waals surface area contributed by atoms with Crippen LogP contribution in [-0.4, -0.2) is 33.0 Å². The Bertz CT molecular complexity index is 802. The van der Waals surface area contributed by atoms with E-state index in [1.54, 1.807) is 0 Å². The second-order valence-electron chi connectivity index (χ2n) is 5.48. The van der Waals surface area contributed by atoms with Gasteiger partial charge in [-0.3, -0.25) is 0 Å². The van der Waals surface area contributed by atoms with Gasteiger partial charge in [0.1, 0.15) is 0 Å². The van der Waals surface area contributed by atoms with Crippen molar-refractivity contribution < 1.29 is 36.6 Å². The van der Waals surface area contributed by atoms with E-state index in [1.165, 1.54) is 6.92 Å². The Hall–Kier alpha value is -2.40. The van der Waals surface area contributed by atoms with Crippen LogP contribution < -0.4 is 5.73 Å². The van der Waals surface area contributed by atoms with Gasteiger partial charge in [0.2, 0.25) is 12.0 Å². The van der Waals surface area contributed by atoms with Gasteiger partial charge < -0.3 is 15.9 Å². The van der Waals surface area contributed by atoms with Gasteiger partial charge in [0.15, 0.2) is 11.5 Å². The van der Waals surface area contributed by atoms with Crippen molar-refractivity contribution in [2.45, 2.75) is 31.5 Å². The molecule has 0 spiro atoms. The van der Waals surface area contributed by atoms with Crippen molar-refractivity contribution >= 4 is 5.82 Å². The van der Waals surface area contributed by atoms with Crippen molar-refractivity contribution in [2.24, 2.45) is 0 Å². The number of alkyl halides is 6. The number of aliphatic hydroxyl groups excluding tert-OH is 1. The van der Waals surface area contributed by atoms with Crippen molar-refractivity contribution in [2.75, 3.05) is 5.73 Å². The molecule has 0 amide bonds. The van der Waals surface area contributed by atoms with Crippen LogP contribution in [0, 0.1) is 6.92 Å². The van der Waals surface area contributed by atoms with E-state index < -0.39 is 41.6 Å². The molecule has 26 heavy (non-hydrogen) atoms. The molecule has 4 N–H and O–H groups in total. The highest BCUT2D eigenvalue weighted by atomic mass is 19.4. The second-order valence-corrected chi connectivity index (χ2v) is 5.48. The normalized spacial score (nSPS) is 15.8. The van der Waals surface area contributed by atoms with Gasteiger partial charge in [0.25, 0.3) is 6.43 Å². The van der Waals surface area contributed by atoms with Crippen LogP contribution in [0.4, 0.5) is 32.2 Å². The zero-order valence-electron chi connectivity index (χ0n) is 13.1. The summed E-state index contributed by atoms with van der Waals surface area (Å²) >= 11 is 0. The van der Waals surface area contributed by atoms with E-state index in [0.29, 0.717) is 0 Å². The number of aromatic nitrogens is 2. The summed E-state index contributed by atoms with van der Waals surface area (Å²) in [5.41, 5.74) is -0.842. The zero-order valence-corrected chi connectivity index (χ0v) is 13.1. The minimum absolute atomic E-state index is 0.125. The molecule has 0 bridgehead atoms. The fourth-order valence-corrected chi connectivity index (χ4v) is 2.25. The highest BCUT2D eigenvalue weighted by molar-refractivity contribution is 5.65. The number of benzene rings is 1. The Kier molecular flexibility index (Phi) is 5.15. The second kappa shape index (κ2) is 6.72. The number of hydrogen-bond donors (Lipinski definition) is 3. The molecule has 0 aliphatic carbocycles. The molecule has 0 saturated carbocycles. The number of halogens is 6. The van der Waals surface area contributed by atoms with Gasteiger partial charge in [0, 0.05) is 5.56 Å². The largest absolute Gasteiger partial charge is 0.437 e. The van der Waals surface area contributed by atoms with E-state index in [4.69, 9.17) is 10.8 Å². The number of aryl methyl sites for hydroxylation is 1. The molecular formula is C15H13F6N3O2. The van der Waals surface area contributed by atoms with Gasteiger partial charge in [-0.15, -0.1) is 0 Å². The molecule has 0 aliphatic heterocycles. The Morgan fingerprint density at radius 2 is 1.77 bits per heavy atom. The van der Waals surface area contributed by atoms with Gasteiger partial charge in [-0.25, -0.2) is 23.1 Å². The van der Waals surface area contributed by atoms with Crippen molar-refractivity contribution in [3.05, 3.63) is 41.2 Å². The van der Waals surface area contributed by atoms with Gasteiger partial charge in [-0.1, -0.05) is 12.1 Å². The molecule has 11 heteroatoms. The first-order valence-electron chi connectivity index (χ1n) is 7.03. The maximum Gasteiger partial charge on any atom is 0.437 e. The first kappa shape index (κ1) is 19.9. The van der Waals surface area contributed by atoms with Crippen LogP contribution in [0.25, 0.3) is 11.3 Å². The van der Waals surface area contributed by atoms with Crippen LogP contribution in [0.1, 0.15) is 16.8 Å². The van der Waals surface area contributed by atoms with Crippen LogP contribution in [0.15, 0.2) is 24.4 Å². The quantitative estimate of drug-likeness (QED) is 0.709. The van der Waals surface area contributed by atoms with Crippen LogP contribution in [0.5, 0.6) is 0 Å². The smallest absolute Gasteiger partial charge is 0.382 e. The van der Waals surface area contributed by atoms with E-state index >= 15 is 0 Å². The summed E-state index contributed by atoms with van der Waals surface area (Å²) < 4.78 is 78.2. The summed E-state index contributed by atoms with van der Waals surface area (Å²) in [6.45, 7) is 1.43. The fourth-order valence-electron chi connectivity index (χ4n) is 2.25. The summed E-state index contributed by atoms with van der Waals surface area (Å²) in [6.07, 6.45) is -11.1. The molecule has 142 valence electrons. The fraction of sp³-hybridized carbons (Fsp3) is 0.333. The molecule has 0 fully saturated rings. The molecule has 1 heterocycles. The highest BCUT2D eigenvalue weighted by Gasteiger charge is 2.47. The van der Waals surface area contributed by atoms with Crippen molar-refractivity contribution in [3.63, 3.8) is 0 Å². The van der Waals surface area contributed by atoms with Crippen LogP contribution in [-0.2, 0) is 11.8 Å². The molecule has 0 saturated heterocycles. The molecule has 1 aromatic carbocycles. The van der Waals surface area contributed by atoms with E-state index in [-0.39, 0.29) is 16.8 Å². The number of nitrogen functional groups attached to an aromatic ring is 1. The summed E-state index contributed by atoms with van der Waals surface area (Å²) in [4.78, 5) is 6.74. The van der Waals surface area contributed by atoms with E-state index in [1.807, 2.05) is 0 Å². The SMILES string of the molecule is Cc1ccc(C(O)(C(O)F)C(F)F)cc1-c1cnc(N)c(C(F)(F)F)n1. The number of aliphatic hydroxyl groups is 2. The average Bonchev–Trinajstić information content (AvgIpc) is 2.53. The third kappa shape index (κ3) is 3.44. The van der Waals surface area contributed by atoms with Gasteiger partial charge >= 0.3 is 6.18 Å². The number of nitrogens with zero attached hydrogens (tertiary/aromatic N) is 2. The molecule has 2 unspecified atom stereocenters. The predicted molar refractivity (Wildman–Crippen MR) is 78.6 cm³/mol. The third-order valence-electron chi connectivity index (χ3n) is 3.74. The molecule has 0 aliphatic rings. The van der Waals surface area contributed by atoms with E-state index in [2.05, 4.69) is 9.97 Å². The molecule has 2 aromatic rings. The Labute approximate surface area is 143 Å². The number of rotatable bonds is 4. The highest BCUT2D eigenvalue weighted by Crippen LogP contribution is 2.37. The van der Waals surface area contributed by atoms with Crippen molar-refractivity contribution in [1.82, 2.24) is 9.97 Å². The summed E-state index contributed by atoms with van der Waals surface area (Å²) in [5, 5.41) is 18.7. The molecular weight excluding hydrogens is 368 g/mol. The topological polar surface area (TPSA) is 92.3 Å². The standard InChI is InChI=1S/C15H13F6N3O2/c1-6-2-3-7(14(26,12(16)17)13(18)25)4-8(6)9-5-23-11(22)10(24-9)15(19,20)21/h2-5,12-13,25-26H,1H3,(H2,22,23). The van der Waals surface area contributed by atoms with Gasteiger partial charge in [0.05, 0.1) is 11.9 Å². The molecule has 0 radical (unpaired) electrons. The monoisotopic (exact) mass is 381 g/mol. The van der Waals surface area contributed by atoms with Crippen LogP contribution in [0.3, 0.4) is 0 Å². The summed E-state index contributed by atoms with van der Waals surface area (Å²) in [5.74, 6) is -0.877.